The number of imide groups is 1. The van der Waals surface area contributed by atoms with E-state index < -0.39 is 0 Å². The van der Waals surface area contributed by atoms with Gasteiger partial charge in [0, 0.05) is 6.54 Å². The summed E-state index contributed by atoms with van der Waals surface area (Å²) in [5.41, 5.74) is 1.15. The molecule has 2 aliphatic rings. The number of likely N-dealkylation sites (tertiary alicyclic amines) is 1. The first-order valence-electron chi connectivity index (χ1n) is 8.75. The van der Waals surface area contributed by atoms with Gasteiger partial charge in [-0.25, -0.2) is 0 Å². The molecular formula is C19H24N2O3. The lowest BCUT2D eigenvalue weighted by Gasteiger charge is -2.19. The van der Waals surface area contributed by atoms with E-state index in [-0.39, 0.29) is 42.0 Å². The lowest BCUT2D eigenvalue weighted by Crippen LogP contribution is -2.41. The van der Waals surface area contributed by atoms with Crippen LogP contribution in [-0.4, -0.2) is 35.7 Å². The Hall–Kier alpha value is -2.17. The second kappa shape index (κ2) is 7.16. The van der Waals surface area contributed by atoms with Crippen molar-refractivity contribution in [2.75, 3.05) is 13.1 Å². The van der Waals surface area contributed by atoms with Crippen LogP contribution in [0.5, 0.6) is 0 Å². The normalized spacial score (nSPS) is 24.6. The standard InChI is InChI=1S/C19H24N2O3/c1-13(14-7-3-2-4-8-14)11-20-17(22)12-21-18(23)15-9-5-6-10-16(15)19(21)24/h2-4,7-8,13,15-16H,5-6,9-12H2,1H3,(H,20,22). The molecule has 3 rings (SSSR count). The Kier molecular flexibility index (Phi) is 4.97. The third-order valence-corrected chi connectivity index (χ3v) is 5.21. The fraction of sp³-hybridized carbons (Fsp3) is 0.526. The van der Waals surface area contributed by atoms with E-state index in [1.807, 2.05) is 37.3 Å². The maximum atomic E-state index is 12.4. The van der Waals surface area contributed by atoms with E-state index in [2.05, 4.69) is 5.32 Å². The first-order chi connectivity index (χ1) is 11.6. The van der Waals surface area contributed by atoms with Crippen LogP contribution in [0.2, 0.25) is 0 Å². The Balaban J connectivity index is 1.53. The van der Waals surface area contributed by atoms with Crippen LogP contribution >= 0.6 is 0 Å². The summed E-state index contributed by atoms with van der Waals surface area (Å²) in [4.78, 5) is 38.1. The van der Waals surface area contributed by atoms with Crippen molar-refractivity contribution in [1.82, 2.24) is 10.2 Å². The number of hydrogen-bond donors (Lipinski definition) is 1. The highest BCUT2D eigenvalue weighted by Crippen LogP contribution is 2.37. The number of amides is 3. The van der Waals surface area contributed by atoms with Crippen molar-refractivity contribution in [1.29, 1.82) is 0 Å². The van der Waals surface area contributed by atoms with Gasteiger partial charge in [-0.1, -0.05) is 50.1 Å². The third kappa shape index (κ3) is 3.35. The van der Waals surface area contributed by atoms with E-state index >= 15 is 0 Å². The lowest BCUT2D eigenvalue weighted by molar-refractivity contribution is -0.143. The van der Waals surface area contributed by atoms with Crippen molar-refractivity contribution in [3.8, 4) is 0 Å². The fourth-order valence-corrected chi connectivity index (χ4v) is 3.75. The number of hydrogen-bond acceptors (Lipinski definition) is 3. The maximum Gasteiger partial charge on any atom is 0.240 e. The van der Waals surface area contributed by atoms with Gasteiger partial charge in [0.15, 0.2) is 0 Å². The third-order valence-electron chi connectivity index (χ3n) is 5.21. The summed E-state index contributed by atoms with van der Waals surface area (Å²) >= 11 is 0. The summed E-state index contributed by atoms with van der Waals surface area (Å²) < 4.78 is 0. The Morgan fingerprint density at radius 3 is 2.29 bits per heavy atom. The highest BCUT2D eigenvalue weighted by atomic mass is 16.2. The number of nitrogens with one attached hydrogen (secondary N) is 1. The first-order valence-corrected chi connectivity index (χ1v) is 8.75. The van der Waals surface area contributed by atoms with Gasteiger partial charge in [0.25, 0.3) is 0 Å². The van der Waals surface area contributed by atoms with Crippen LogP contribution in [0.15, 0.2) is 30.3 Å². The molecular weight excluding hydrogens is 304 g/mol. The topological polar surface area (TPSA) is 66.5 Å². The number of fused-ring (bicyclic) bond motifs is 1. The SMILES string of the molecule is CC(CNC(=O)CN1C(=O)C2CCCCC2C1=O)c1ccccc1. The van der Waals surface area contributed by atoms with Crippen LogP contribution in [0.4, 0.5) is 0 Å². The zero-order valence-corrected chi connectivity index (χ0v) is 14.0. The van der Waals surface area contributed by atoms with Crippen LogP contribution < -0.4 is 5.32 Å². The molecule has 128 valence electrons. The molecule has 0 bridgehead atoms. The molecule has 5 heteroatoms. The molecule has 1 N–H and O–H groups in total. The van der Waals surface area contributed by atoms with E-state index in [0.29, 0.717) is 6.54 Å². The van der Waals surface area contributed by atoms with Gasteiger partial charge in [-0.05, 0) is 24.3 Å². The van der Waals surface area contributed by atoms with Gasteiger partial charge >= 0.3 is 0 Å². The molecule has 5 nitrogen and oxygen atoms in total. The Morgan fingerprint density at radius 1 is 1.12 bits per heavy atom. The van der Waals surface area contributed by atoms with Crippen molar-refractivity contribution in [3.05, 3.63) is 35.9 Å². The molecule has 1 aromatic rings. The van der Waals surface area contributed by atoms with Gasteiger partial charge in [0.05, 0.1) is 11.8 Å². The van der Waals surface area contributed by atoms with Gasteiger partial charge in [-0.3, -0.25) is 19.3 Å². The van der Waals surface area contributed by atoms with Crippen molar-refractivity contribution >= 4 is 17.7 Å². The number of carbonyl (C=O) groups excluding carboxylic acids is 3. The van der Waals surface area contributed by atoms with Crippen LogP contribution in [0.25, 0.3) is 0 Å². The summed E-state index contributed by atoms with van der Waals surface area (Å²) in [5.74, 6) is -0.780. The van der Waals surface area contributed by atoms with Gasteiger partial charge in [0.2, 0.25) is 17.7 Å². The summed E-state index contributed by atoms with van der Waals surface area (Å²) in [5, 5.41) is 2.85. The molecule has 3 amide bonds. The fourth-order valence-electron chi connectivity index (χ4n) is 3.75. The lowest BCUT2D eigenvalue weighted by atomic mass is 9.81. The van der Waals surface area contributed by atoms with E-state index in [9.17, 15) is 14.4 Å². The van der Waals surface area contributed by atoms with E-state index in [4.69, 9.17) is 0 Å². The molecule has 1 aliphatic carbocycles. The first kappa shape index (κ1) is 16.7. The molecule has 1 aromatic carbocycles. The molecule has 1 saturated heterocycles. The molecule has 24 heavy (non-hydrogen) atoms. The van der Waals surface area contributed by atoms with E-state index in [0.717, 1.165) is 31.2 Å². The largest absolute Gasteiger partial charge is 0.354 e. The monoisotopic (exact) mass is 328 g/mol. The number of carbonyl (C=O) groups is 3. The van der Waals surface area contributed by atoms with Crippen LogP contribution in [-0.2, 0) is 14.4 Å². The quantitative estimate of drug-likeness (QED) is 0.842. The molecule has 1 heterocycles. The predicted molar refractivity (Wildman–Crippen MR) is 90.0 cm³/mol. The summed E-state index contributed by atoms with van der Waals surface area (Å²) in [6, 6.07) is 9.94. The van der Waals surface area contributed by atoms with Crippen molar-refractivity contribution in [2.45, 2.75) is 38.5 Å². The van der Waals surface area contributed by atoms with E-state index in [1.165, 1.54) is 4.90 Å². The molecule has 1 aliphatic heterocycles. The molecule has 0 aromatic heterocycles. The average Bonchev–Trinajstić information content (AvgIpc) is 2.86. The zero-order valence-electron chi connectivity index (χ0n) is 14.0. The van der Waals surface area contributed by atoms with E-state index in [1.54, 1.807) is 0 Å². The maximum absolute atomic E-state index is 12.4. The van der Waals surface area contributed by atoms with Crippen LogP contribution in [0, 0.1) is 11.8 Å². The van der Waals surface area contributed by atoms with Crippen molar-refractivity contribution in [3.63, 3.8) is 0 Å². The Labute approximate surface area is 142 Å². The number of nitrogens with zero attached hydrogens (tertiary/aromatic N) is 1. The molecule has 2 fully saturated rings. The van der Waals surface area contributed by atoms with Gasteiger partial charge < -0.3 is 5.32 Å². The highest BCUT2D eigenvalue weighted by Gasteiger charge is 2.48. The number of rotatable bonds is 5. The summed E-state index contributed by atoms with van der Waals surface area (Å²) in [6.45, 7) is 2.38. The Bertz CT molecular complexity index is 605. The van der Waals surface area contributed by atoms with Gasteiger partial charge in [0.1, 0.15) is 6.54 Å². The molecule has 1 saturated carbocycles. The van der Waals surface area contributed by atoms with Crippen LogP contribution in [0.3, 0.4) is 0 Å². The minimum Gasteiger partial charge on any atom is -0.354 e. The predicted octanol–water partition coefficient (Wildman–Crippen LogP) is 2.08. The molecule has 3 unspecified atom stereocenters. The molecule has 3 atom stereocenters. The molecule has 0 spiro atoms. The van der Waals surface area contributed by atoms with Crippen LogP contribution in [0.1, 0.15) is 44.1 Å². The van der Waals surface area contributed by atoms with Crippen molar-refractivity contribution in [2.24, 2.45) is 11.8 Å². The average molecular weight is 328 g/mol. The Morgan fingerprint density at radius 2 is 1.71 bits per heavy atom. The second-order valence-corrected chi connectivity index (χ2v) is 6.88. The zero-order chi connectivity index (χ0) is 17.1. The second-order valence-electron chi connectivity index (χ2n) is 6.88. The summed E-state index contributed by atoms with van der Waals surface area (Å²) in [6.07, 6.45) is 3.54. The van der Waals surface area contributed by atoms with Gasteiger partial charge in [-0.2, -0.15) is 0 Å². The minimum atomic E-state index is -0.266. The summed E-state index contributed by atoms with van der Waals surface area (Å²) in [7, 11) is 0. The smallest absolute Gasteiger partial charge is 0.240 e. The highest BCUT2D eigenvalue weighted by molar-refractivity contribution is 6.07. The van der Waals surface area contributed by atoms with Gasteiger partial charge in [-0.15, -0.1) is 0 Å². The van der Waals surface area contributed by atoms with Crippen molar-refractivity contribution < 1.29 is 14.4 Å². The number of benzene rings is 1. The minimum absolute atomic E-state index is 0.147. The molecule has 0 radical (unpaired) electrons.